The summed E-state index contributed by atoms with van der Waals surface area (Å²) in [4.78, 5) is 0. The molecule has 0 saturated heterocycles. The van der Waals surface area contributed by atoms with E-state index in [1.54, 1.807) is 0 Å². The Kier molecular flexibility index (Phi) is 4.35. The van der Waals surface area contributed by atoms with Gasteiger partial charge in [-0.1, -0.05) is 80.6 Å². The van der Waals surface area contributed by atoms with Crippen molar-refractivity contribution in [1.29, 1.82) is 0 Å². The Hall–Kier alpha value is -1.82. The minimum absolute atomic E-state index is 0.460. The maximum Gasteiger partial charge on any atom is -0.000438 e. The van der Waals surface area contributed by atoms with E-state index in [1.165, 1.54) is 16.7 Å². The third-order valence-corrected chi connectivity index (χ3v) is 3.30. The molecule has 0 fully saturated rings. The quantitative estimate of drug-likeness (QED) is 0.695. The second kappa shape index (κ2) is 6.20. The fraction of sp³-hybridized carbons (Fsp3) is 0.222. The van der Waals surface area contributed by atoms with Gasteiger partial charge in [0.2, 0.25) is 0 Å². The lowest BCUT2D eigenvalue weighted by Crippen LogP contribution is -1.95. The Morgan fingerprint density at radius 1 is 0.944 bits per heavy atom. The zero-order chi connectivity index (χ0) is 12.8. The molecule has 1 atom stereocenters. The number of rotatable bonds is 4. The maximum absolute atomic E-state index is 2.28. The summed E-state index contributed by atoms with van der Waals surface area (Å²) in [7, 11) is 0. The molecule has 92 valence electrons. The van der Waals surface area contributed by atoms with Gasteiger partial charge in [-0.25, -0.2) is 0 Å². The third kappa shape index (κ3) is 3.10. The van der Waals surface area contributed by atoms with Crippen LogP contribution in [0.4, 0.5) is 0 Å². The van der Waals surface area contributed by atoms with Gasteiger partial charge in [0.05, 0.1) is 0 Å². The first kappa shape index (κ1) is 12.6. The Balaban J connectivity index is 2.17. The predicted octanol–water partition coefficient (Wildman–Crippen LogP) is 5.07. The van der Waals surface area contributed by atoms with Crippen molar-refractivity contribution < 1.29 is 0 Å². The van der Waals surface area contributed by atoms with Crippen molar-refractivity contribution in [3.8, 4) is 0 Å². The Morgan fingerprint density at radius 2 is 1.61 bits per heavy atom. The summed E-state index contributed by atoms with van der Waals surface area (Å²) in [6, 6.07) is 19.2. The largest absolute Gasteiger partial charge is 0.0767 e. The van der Waals surface area contributed by atoms with Crippen LogP contribution in [-0.4, -0.2) is 0 Å². The van der Waals surface area contributed by atoms with Gasteiger partial charge in [0.25, 0.3) is 0 Å². The van der Waals surface area contributed by atoms with Crippen LogP contribution in [0.5, 0.6) is 0 Å². The molecule has 0 aliphatic rings. The van der Waals surface area contributed by atoms with Crippen LogP contribution in [0.3, 0.4) is 0 Å². The summed E-state index contributed by atoms with van der Waals surface area (Å²) in [5.74, 6) is 0.460. The summed E-state index contributed by atoms with van der Waals surface area (Å²) >= 11 is 0. The molecule has 0 bridgehead atoms. The molecule has 0 spiro atoms. The lowest BCUT2D eigenvalue weighted by Gasteiger charge is -2.11. The van der Waals surface area contributed by atoms with Gasteiger partial charge in [0, 0.05) is 0 Å². The second-order valence-electron chi connectivity index (χ2n) is 4.61. The maximum atomic E-state index is 2.28. The van der Waals surface area contributed by atoms with Gasteiger partial charge >= 0.3 is 0 Å². The van der Waals surface area contributed by atoms with Crippen LogP contribution in [0.15, 0.2) is 60.7 Å². The molecule has 0 nitrogen and oxygen atoms in total. The monoisotopic (exact) mass is 236 g/mol. The molecule has 2 rings (SSSR count). The second-order valence-corrected chi connectivity index (χ2v) is 4.61. The first-order valence-electron chi connectivity index (χ1n) is 6.62. The highest BCUT2D eigenvalue weighted by Gasteiger charge is 2.05. The average Bonchev–Trinajstić information content (AvgIpc) is 2.45. The molecule has 2 aromatic rings. The van der Waals surface area contributed by atoms with E-state index in [1.807, 2.05) is 6.07 Å². The van der Waals surface area contributed by atoms with Crippen LogP contribution in [-0.2, 0) is 6.42 Å². The standard InChI is InChI=1S/C18H20/c1-3-17-11-7-8-12-18(17)15(2)13-14-16-9-5-4-6-10-16/h4-15H,3H2,1-2H3. The molecule has 0 aliphatic heterocycles. The number of allylic oxidation sites excluding steroid dienone is 1. The van der Waals surface area contributed by atoms with Gasteiger partial charge in [0.1, 0.15) is 0 Å². The highest BCUT2D eigenvalue weighted by molar-refractivity contribution is 5.50. The fourth-order valence-electron chi connectivity index (χ4n) is 2.22. The molecular formula is C18H20. The summed E-state index contributed by atoms with van der Waals surface area (Å²) in [5.41, 5.74) is 4.15. The van der Waals surface area contributed by atoms with Crippen LogP contribution < -0.4 is 0 Å². The molecule has 2 aromatic carbocycles. The number of hydrogen-bond donors (Lipinski definition) is 0. The predicted molar refractivity (Wildman–Crippen MR) is 79.7 cm³/mol. The Morgan fingerprint density at radius 3 is 2.33 bits per heavy atom. The lowest BCUT2D eigenvalue weighted by molar-refractivity contribution is 0.932. The average molecular weight is 236 g/mol. The summed E-state index contributed by atoms with van der Waals surface area (Å²) in [5, 5.41) is 0. The fourth-order valence-corrected chi connectivity index (χ4v) is 2.22. The van der Waals surface area contributed by atoms with Gasteiger partial charge in [-0.3, -0.25) is 0 Å². The number of aryl methyl sites for hydroxylation is 1. The molecular weight excluding hydrogens is 216 g/mol. The molecule has 0 aliphatic carbocycles. The van der Waals surface area contributed by atoms with Gasteiger partial charge in [-0.05, 0) is 29.0 Å². The van der Waals surface area contributed by atoms with E-state index in [0.29, 0.717) is 5.92 Å². The van der Waals surface area contributed by atoms with Crippen molar-refractivity contribution >= 4 is 6.08 Å². The van der Waals surface area contributed by atoms with Gasteiger partial charge in [-0.2, -0.15) is 0 Å². The number of benzene rings is 2. The molecule has 0 heteroatoms. The minimum atomic E-state index is 0.460. The van der Waals surface area contributed by atoms with Gasteiger partial charge < -0.3 is 0 Å². The van der Waals surface area contributed by atoms with E-state index in [4.69, 9.17) is 0 Å². The SMILES string of the molecule is CCc1ccccc1C(C)C=Cc1ccccc1. The van der Waals surface area contributed by atoms with Crippen molar-refractivity contribution in [3.63, 3.8) is 0 Å². The summed E-state index contributed by atoms with van der Waals surface area (Å²) < 4.78 is 0. The van der Waals surface area contributed by atoms with Crippen molar-refractivity contribution in [2.24, 2.45) is 0 Å². The van der Waals surface area contributed by atoms with Crippen molar-refractivity contribution in [1.82, 2.24) is 0 Å². The van der Waals surface area contributed by atoms with E-state index in [9.17, 15) is 0 Å². The first-order chi connectivity index (χ1) is 8.81. The Bertz CT molecular complexity index is 509. The van der Waals surface area contributed by atoms with E-state index >= 15 is 0 Å². The molecule has 0 heterocycles. The normalized spacial score (nSPS) is 12.8. The van der Waals surface area contributed by atoms with Crippen LogP contribution in [0, 0.1) is 0 Å². The van der Waals surface area contributed by atoms with Crippen molar-refractivity contribution in [2.45, 2.75) is 26.2 Å². The highest BCUT2D eigenvalue weighted by Crippen LogP contribution is 2.22. The molecule has 0 amide bonds. The van der Waals surface area contributed by atoms with E-state index < -0.39 is 0 Å². The Labute approximate surface area is 110 Å². The molecule has 0 N–H and O–H groups in total. The summed E-state index contributed by atoms with van der Waals surface area (Å²) in [6.45, 7) is 4.47. The number of hydrogen-bond acceptors (Lipinski definition) is 0. The van der Waals surface area contributed by atoms with Crippen molar-refractivity contribution in [3.05, 3.63) is 77.4 Å². The zero-order valence-corrected chi connectivity index (χ0v) is 11.1. The summed E-state index contributed by atoms with van der Waals surface area (Å²) in [6.07, 6.45) is 5.58. The lowest BCUT2D eigenvalue weighted by atomic mass is 9.93. The van der Waals surface area contributed by atoms with Gasteiger partial charge in [-0.15, -0.1) is 0 Å². The van der Waals surface area contributed by atoms with E-state index in [-0.39, 0.29) is 0 Å². The van der Waals surface area contributed by atoms with Gasteiger partial charge in [0.15, 0.2) is 0 Å². The zero-order valence-electron chi connectivity index (χ0n) is 11.1. The molecule has 0 saturated carbocycles. The molecule has 0 radical (unpaired) electrons. The van der Waals surface area contributed by atoms with Crippen molar-refractivity contribution in [2.75, 3.05) is 0 Å². The third-order valence-electron chi connectivity index (χ3n) is 3.30. The highest BCUT2D eigenvalue weighted by atomic mass is 14.1. The van der Waals surface area contributed by atoms with E-state index in [0.717, 1.165) is 6.42 Å². The molecule has 0 aromatic heterocycles. The van der Waals surface area contributed by atoms with Crippen LogP contribution in [0.25, 0.3) is 6.08 Å². The van der Waals surface area contributed by atoms with E-state index in [2.05, 4.69) is 74.5 Å². The molecule has 18 heavy (non-hydrogen) atoms. The smallest absolute Gasteiger partial charge is 0.000438 e. The van der Waals surface area contributed by atoms with Crippen LogP contribution in [0.1, 0.15) is 36.5 Å². The molecule has 1 unspecified atom stereocenters. The van der Waals surface area contributed by atoms with Crippen LogP contribution >= 0.6 is 0 Å². The minimum Gasteiger partial charge on any atom is -0.0767 e. The topological polar surface area (TPSA) is 0 Å². The van der Waals surface area contributed by atoms with Crippen LogP contribution in [0.2, 0.25) is 0 Å². The first-order valence-corrected chi connectivity index (χ1v) is 6.62.